The van der Waals surface area contributed by atoms with Gasteiger partial charge in [0.05, 0.1) is 22.9 Å². The van der Waals surface area contributed by atoms with Crippen LogP contribution >= 0.6 is 0 Å². The van der Waals surface area contributed by atoms with Crippen molar-refractivity contribution in [2.45, 2.75) is 18.4 Å². The number of aryl methyl sites for hydroxylation is 1. The molecule has 8 heteroatoms. The number of nitrogens with zero attached hydrogens (tertiary/aromatic N) is 2. The van der Waals surface area contributed by atoms with Crippen LogP contribution in [0.2, 0.25) is 0 Å². The fraction of sp³-hybridized carbons (Fsp3) is 0.158. The zero-order valence-electron chi connectivity index (χ0n) is 14.4. The molecule has 1 N–H and O–H groups in total. The minimum Gasteiger partial charge on any atom is -0.306 e. The van der Waals surface area contributed by atoms with E-state index in [1.165, 1.54) is 22.9 Å². The highest BCUT2D eigenvalue weighted by Crippen LogP contribution is 2.33. The minimum atomic E-state index is -3.28. The van der Waals surface area contributed by atoms with E-state index in [1.54, 1.807) is 0 Å². The van der Waals surface area contributed by atoms with Crippen LogP contribution in [-0.2, 0) is 21.3 Å². The third-order valence-electron chi connectivity index (χ3n) is 4.38. The highest BCUT2D eigenvalue weighted by molar-refractivity contribution is 7.90. The van der Waals surface area contributed by atoms with E-state index in [0.717, 1.165) is 11.6 Å². The third-order valence-corrected chi connectivity index (χ3v) is 5.83. The molecule has 6 nitrogen and oxygen atoms in total. The average Bonchev–Trinajstić information content (AvgIpc) is 3.08. The molecule has 1 amide bonds. The monoisotopic (exact) mass is 385 g/mol. The highest BCUT2D eigenvalue weighted by atomic mass is 32.2. The smallest absolute Gasteiger partial charge is 0.256 e. The fourth-order valence-corrected chi connectivity index (χ4v) is 4.55. The molecule has 1 aliphatic rings. The fourth-order valence-electron chi connectivity index (χ4n) is 3.05. The maximum Gasteiger partial charge on any atom is 0.256 e. The second kappa shape index (κ2) is 6.31. The Morgan fingerprint density at radius 3 is 2.59 bits per heavy atom. The predicted molar refractivity (Wildman–Crippen MR) is 99.0 cm³/mol. The van der Waals surface area contributed by atoms with Gasteiger partial charge < -0.3 is 5.32 Å². The summed E-state index contributed by atoms with van der Waals surface area (Å²) in [5.74, 6) is -1.11. The van der Waals surface area contributed by atoms with Gasteiger partial charge in [-0.25, -0.2) is 17.5 Å². The molecule has 4 rings (SSSR count). The van der Waals surface area contributed by atoms with Crippen LogP contribution in [0.25, 0.3) is 5.69 Å². The van der Waals surface area contributed by atoms with Crippen LogP contribution in [0.5, 0.6) is 0 Å². The van der Waals surface area contributed by atoms with Crippen molar-refractivity contribution in [3.05, 3.63) is 76.7 Å². The van der Waals surface area contributed by atoms with Gasteiger partial charge in [-0.15, -0.1) is 0 Å². The van der Waals surface area contributed by atoms with Crippen LogP contribution in [0.15, 0.2) is 48.5 Å². The van der Waals surface area contributed by atoms with Crippen molar-refractivity contribution in [3.8, 4) is 5.69 Å². The molecule has 138 valence electrons. The maximum absolute atomic E-state index is 13.4. The zero-order chi connectivity index (χ0) is 19.2. The number of amides is 1. The van der Waals surface area contributed by atoms with Crippen LogP contribution in [0.4, 0.5) is 10.2 Å². The summed E-state index contributed by atoms with van der Waals surface area (Å²) in [7, 11) is -3.28. The summed E-state index contributed by atoms with van der Waals surface area (Å²) < 4.78 is 38.9. The van der Waals surface area contributed by atoms with Crippen molar-refractivity contribution in [2.24, 2.45) is 0 Å². The molecular weight excluding hydrogens is 369 g/mol. The van der Waals surface area contributed by atoms with Gasteiger partial charge in [0.15, 0.2) is 9.84 Å². The number of halogens is 1. The van der Waals surface area contributed by atoms with Gasteiger partial charge >= 0.3 is 0 Å². The Kier molecular flexibility index (Phi) is 4.07. The summed E-state index contributed by atoms with van der Waals surface area (Å²) in [6.45, 7) is 1.95. The molecule has 27 heavy (non-hydrogen) atoms. The molecule has 0 unspecified atom stereocenters. The van der Waals surface area contributed by atoms with E-state index in [1.807, 2.05) is 31.2 Å². The Morgan fingerprint density at radius 1 is 1.15 bits per heavy atom. The van der Waals surface area contributed by atoms with E-state index >= 15 is 0 Å². The van der Waals surface area contributed by atoms with E-state index in [-0.39, 0.29) is 17.1 Å². The Balaban J connectivity index is 1.78. The molecule has 0 radical (unpaired) electrons. The van der Waals surface area contributed by atoms with Crippen molar-refractivity contribution in [1.29, 1.82) is 0 Å². The molecule has 3 aromatic rings. The number of rotatable bonds is 3. The number of hydrogen-bond donors (Lipinski definition) is 1. The number of anilines is 1. The first-order chi connectivity index (χ1) is 12.8. The second-order valence-corrected chi connectivity index (χ2v) is 8.58. The first-order valence-corrected chi connectivity index (χ1v) is 10.1. The van der Waals surface area contributed by atoms with E-state index in [9.17, 15) is 17.6 Å². The first kappa shape index (κ1) is 17.4. The SMILES string of the molecule is Cc1ccc(-n2nc3c(c2NC(=O)c2cccc(F)c2)CS(=O)(=O)C3)cc1. The summed E-state index contributed by atoms with van der Waals surface area (Å²) in [6, 6.07) is 12.8. The summed E-state index contributed by atoms with van der Waals surface area (Å²) in [4.78, 5) is 12.6. The molecule has 2 aromatic carbocycles. The van der Waals surface area contributed by atoms with Gasteiger partial charge in [-0.05, 0) is 37.3 Å². The van der Waals surface area contributed by atoms with Gasteiger partial charge in [0.2, 0.25) is 0 Å². The van der Waals surface area contributed by atoms with Crippen LogP contribution in [0.3, 0.4) is 0 Å². The molecule has 0 bridgehead atoms. The van der Waals surface area contributed by atoms with Crippen molar-refractivity contribution in [3.63, 3.8) is 0 Å². The number of fused-ring (bicyclic) bond motifs is 1. The lowest BCUT2D eigenvalue weighted by atomic mass is 10.2. The van der Waals surface area contributed by atoms with Gasteiger partial charge in [-0.3, -0.25) is 4.79 Å². The standard InChI is InChI=1S/C19H16FN3O3S/c1-12-5-7-15(8-6-12)23-18(16-10-27(25,26)11-17(16)22-23)21-19(24)13-3-2-4-14(20)9-13/h2-9H,10-11H2,1H3,(H,21,24). The van der Waals surface area contributed by atoms with Crippen LogP contribution in [-0.4, -0.2) is 24.1 Å². The number of carbonyl (C=O) groups excluding carboxylic acids is 1. The van der Waals surface area contributed by atoms with E-state index in [2.05, 4.69) is 10.4 Å². The van der Waals surface area contributed by atoms with Gasteiger partial charge in [0.1, 0.15) is 11.6 Å². The Hall–Kier alpha value is -3.00. The molecule has 1 aromatic heterocycles. The number of sulfone groups is 1. The minimum absolute atomic E-state index is 0.140. The number of nitrogens with one attached hydrogen (secondary N) is 1. The number of hydrogen-bond acceptors (Lipinski definition) is 4. The van der Waals surface area contributed by atoms with Gasteiger partial charge in [0.25, 0.3) is 5.91 Å². The van der Waals surface area contributed by atoms with Crippen LogP contribution in [0, 0.1) is 12.7 Å². The lowest BCUT2D eigenvalue weighted by Gasteiger charge is -2.11. The predicted octanol–water partition coefficient (Wildman–Crippen LogP) is 3.00. The molecule has 0 atom stereocenters. The quantitative estimate of drug-likeness (QED) is 0.752. The summed E-state index contributed by atoms with van der Waals surface area (Å²) >= 11 is 0. The lowest BCUT2D eigenvalue weighted by Crippen LogP contribution is -2.17. The van der Waals surface area contributed by atoms with Gasteiger partial charge in [-0.1, -0.05) is 23.8 Å². The molecule has 0 aliphatic carbocycles. The molecule has 0 fully saturated rings. The molecular formula is C19H16FN3O3S. The van der Waals surface area contributed by atoms with Crippen molar-refractivity contribution in [1.82, 2.24) is 9.78 Å². The molecule has 0 saturated carbocycles. The number of aromatic nitrogens is 2. The molecule has 0 saturated heterocycles. The summed E-state index contributed by atoms with van der Waals surface area (Å²) in [5, 5.41) is 7.11. The van der Waals surface area contributed by atoms with Crippen LogP contribution in [0.1, 0.15) is 27.2 Å². The van der Waals surface area contributed by atoms with Crippen LogP contribution < -0.4 is 5.32 Å². The molecule has 0 spiro atoms. The molecule has 2 heterocycles. The normalized spacial score (nSPS) is 14.7. The van der Waals surface area contributed by atoms with E-state index in [0.29, 0.717) is 22.8 Å². The summed E-state index contributed by atoms with van der Waals surface area (Å²) in [6.07, 6.45) is 0. The Morgan fingerprint density at radius 2 is 1.89 bits per heavy atom. The van der Waals surface area contributed by atoms with Crippen molar-refractivity contribution < 1.29 is 17.6 Å². The largest absolute Gasteiger partial charge is 0.306 e. The van der Waals surface area contributed by atoms with Crippen molar-refractivity contribution >= 4 is 21.6 Å². The summed E-state index contributed by atoms with van der Waals surface area (Å²) in [5.41, 5.74) is 2.79. The van der Waals surface area contributed by atoms with Gasteiger partial charge in [-0.2, -0.15) is 5.10 Å². The topological polar surface area (TPSA) is 81.1 Å². The van der Waals surface area contributed by atoms with Gasteiger partial charge in [0, 0.05) is 11.1 Å². The van der Waals surface area contributed by atoms with E-state index < -0.39 is 21.6 Å². The third kappa shape index (κ3) is 3.35. The average molecular weight is 385 g/mol. The van der Waals surface area contributed by atoms with E-state index in [4.69, 9.17) is 0 Å². The van der Waals surface area contributed by atoms with Crippen molar-refractivity contribution in [2.75, 3.05) is 5.32 Å². The molecule has 1 aliphatic heterocycles. The maximum atomic E-state index is 13.4. The first-order valence-electron chi connectivity index (χ1n) is 8.27. The lowest BCUT2D eigenvalue weighted by molar-refractivity contribution is 0.102. The number of carbonyl (C=O) groups is 1. The number of benzene rings is 2. The Bertz CT molecular complexity index is 1150. The second-order valence-electron chi connectivity index (χ2n) is 6.52. The highest BCUT2D eigenvalue weighted by Gasteiger charge is 2.33. The zero-order valence-corrected chi connectivity index (χ0v) is 15.3. The Labute approximate surface area is 155 Å².